The fraction of sp³-hybridized carbons (Fsp3) is 0.533. The minimum absolute atomic E-state index is 0.0367. The van der Waals surface area contributed by atoms with Gasteiger partial charge in [0.05, 0.1) is 12.1 Å². The van der Waals surface area contributed by atoms with E-state index in [-0.39, 0.29) is 17.4 Å². The highest BCUT2D eigenvalue weighted by atomic mass is 35.5. The van der Waals surface area contributed by atoms with Crippen LogP contribution in [0, 0.1) is 5.41 Å². The highest BCUT2D eigenvalue weighted by Gasteiger charge is 2.31. The molecule has 1 aromatic rings. The van der Waals surface area contributed by atoms with Crippen molar-refractivity contribution in [2.75, 3.05) is 0 Å². The summed E-state index contributed by atoms with van der Waals surface area (Å²) in [4.78, 5) is 12.2. The molecule has 4 heteroatoms. The lowest BCUT2D eigenvalue weighted by Crippen LogP contribution is -2.49. The van der Waals surface area contributed by atoms with Crippen molar-refractivity contribution in [2.45, 2.75) is 45.7 Å². The molecule has 0 spiro atoms. The van der Waals surface area contributed by atoms with Crippen LogP contribution in [-0.4, -0.2) is 11.9 Å². The van der Waals surface area contributed by atoms with Gasteiger partial charge in [0.2, 0.25) is 5.91 Å². The number of halogens is 1. The second-order valence-electron chi connectivity index (χ2n) is 6.25. The van der Waals surface area contributed by atoms with E-state index in [1.807, 2.05) is 39.0 Å². The Kier molecular flexibility index (Phi) is 3.88. The number of fused-ring (bicyclic) bond motifs is 1. The van der Waals surface area contributed by atoms with Crippen molar-refractivity contribution in [3.63, 3.8) is 0 Å². The van der Waals surface area contributed by atoms with Gasteiger partial charge >= 0.3 is 0 Å². The van der Waals surface area contributed by atoms with Crippen molar-refractivity contribution < 1.29 is 4.79 Å². The zero-order chi connectivity index (χ0) is 14.2. The van der Waals surface area contributed by atoms with E-state index in [1.165, 1.54) is 0 Å². The molecule has 2 rings (SSSR count). The Morgan fingerprint density at radius 3 is 2.79 bits per heavy atom. The Bertz CT molecular complexity index is 493. The highest BCUT2D eigenvalue weighted by Crippen LogP contribution is 2.35. The summed E-state index contributed by atoms with van der Waals surface area (Å²) in [6, 6.07) is 5.38. The molecule has 3 N–H and O–H groups in total. The molecule has 0 aliphatic heterocycles. The first-order valence-corrected chi connectivity index (χ1v) is 7.01. The zero-order valence-electron chi connectivity index (χ0n) is 11.7. The Labute approximate surface area is 119 Å². The summed E-state index contributed by atoms with van der Waals surface area (Å²) in [7, 11) is 0. The molecule has 1 aliphatic rings. The quantitative estimate of drug-likeness (QED) is 0.875. The largest absolute Gasteiger partial charge is 0.348 e. The molecule has 1 aromatic carbocycles. The number of nitrogens with two attached hydrogens (primary N) is 1. The van der Waals surface area contributed by atoms with E-state index in [0.29, 0.717) is 0 Å². The third-order valence-electron chi connectivity index (χ3n) is 3.75. The first-order valence-electron chi connectivity index (χ1n) is 6.64. The number of amides is 1. The second-order valence-corrected chi connectivity index (χ2v) is 6.66. The smallest absolute Gasteiger partial charge is 0.237 e. The van der Waals surface area contributed by atoms with Gasteiger partial charge in [0.1, 0.15) is 0 Å². The van der Waals surface area contributed by atoms with Crippen LogP contribution in [0.15, 0.2) is 18.2 Å². The Balaban J connectivity index is 2.12. The minimum atomic E-state index is -0.504. The van der Waals surface area contributed by atoms with E-state index in [4.69, 9.17) is 17.3 Å². The molecule has 1 amide bonds. The van der Waals surface area contributed by atoms with Crippen LogP contribution in [0.4, 0.5) is 0 Å². The lowest BCUT2D eigenvalue weighted by Gasteiger charge is -2.27. The van der Waals surface area contributed by atoms with Crippen molar-refractivity contribution in [1.29, 1.82) is 0 Å². The van der Waals surface area contributed by atoms with Crippen LogP contribution in [0.5, 0.6) is 0 Å². The molecule has 0 fully saturated rings. The highest BCUT2D eigenvalue weighted by molar-refractivity contribution is 6.31. The summed E-state index contributed by atoms with van der Waals surface area (Å²) in [5.74, 6) is -0.0923. The Morgan fingerprint density at radius 2 is 2.16 bits per heavy atom. The van der Waals surface area contributed by atoms with Crippen molar-refractivity contribution in [1.82, 2.24) is 5.32 Å². The monoisotopic (exact) mass is 280 g/mol. The van der Waals surface area contributed by atoms with Crippen molar-refractivity contribution >= 4 is 17.5 Å². The SMILES string of the molecule is CC(C)(C)[C@H](N)C(=O)NC1CCc2c(Cl)cccc21. The predicted molar refractivity (Wildman–Crippen MR) is 78.1 cm³/mol. The van der Waals surface area contributed by atoms with Crippen molar-refractivity contribution in [3.05, 3.63) is 34.3 Å². The number of hydrogen-bond donors (Lipinski definition) is 2. The van der Waals surface area contributed by atoms with Crippen LogP contribution in [0.1, 0.15) is 44.4 Å². The number of hydrogen-bond acceptors (Lipinski definition) is 2. The molecule has 0 saturated heterocycles. The molecule has 3 nitrogen and oxygen atoms in total. The van der Waals surface area contributed by atoms with E-state index < -0.39 is 6.04 Å². The summed E-state index contributed by atoms with van der Waals surface area (Å²) >= 11 is 6.17. The van der Waals surface area contributed by atoms with Gasteiger partial charge in [-0.1, -0.05) is 44.5 Å². The van der Waals surface area contributed by atoms with Gasteiger partial charge in [0.15, 0.2) is 0 Å². The first kappa shape index (κ1) is 14.4. The van der Waals surface area contributed by atoms with E-state index in [1.54, 1.807) is 0 Å². The Hall–Kier alpha value is -1.06. The van der Waals surface area contributed by atoms with Gasteiger partial charge < -0.3 is 11.1 Å². The topological polar surface area (TPSA) is 55.1 Å². The van der Waals surface area contributed by atoms with E-state index in [9.17, 15) is 4.79 Å². The maximum absolute atomic E-state index is 12.2. The minimum Gasteiger partial charge on any atom is -0.348 e. The molecule has 0 heterocycles. The lowest BCUT2D eigenvalue weighted by molar-refractivity contribution is -0.125. The first-order chi connectivity index (χ1) is 8.80. The van der Waals surface area contributed by atoms with E-state index >= 15 is 0 Å². The molecular weight excluding hydrogens is 260 g/mol. The molecule has 1 aliphatic carbocycles. The van der Waals surface area contributed by atoms with Crippen LogP contribution >= 0.6 is 11.6 Å². The zero-order valence-corrected chi connectivity index (χ0v) is 12.4. The number of rotatable bonds is 2. The number of carbonyl (C=O) groups is 1. The average molecular weight is 281 g/mol. The van der Waals surface area contributed by atoms with Gasteiger partial charge in [-0.15, -0.1) is 0 Å². The van der Waals surface area contributed by atoms with E-state index in [2.05, 4.69) is 5.32 Å². The number of nitrogens with one attached hydrogen (secondary N) is 1. The van der Waals surface area contributed by atoms with Crippen LogP contribution in [0.25, 0.3) is 0 Å². The third-order valence-corrected chi connectivity index (χ3v) is 4.10. The summed E-state index contributed by atoms with van der Waals surface area (Å²) < 4.78 is 0. The van der Waals surface area contributed by atoms with Crippen molar-refractivity contribution in [3.8, 4) is 0 Å². The molecule has 0 radical (unpaired) electrons. The van der Waals surface area contributed by atoms with Gasteiger partial charge in [-0.05, 0) is 35.4 Å². The average Bonchev–Trinajstić information content (AvgIpc) is 2.72. The molecular formula is C15H21ClN2O. The number of carbonyl (C=O) groups excluding carboxylic acids is 1. The van der Waals surface area contributed by atoms with Crippen molar-refractivity contribution in [2.24, 2.45) is 11.1 Å². The Morgan fingerprint density at radius 1 is 1.47 bits per heavy atom. The molecule has 19 heavy (non-hydrogen) atoms. The maximum Gasteiger partial charge on any atom is 0.237 e. The molecule has 0 saturated carbocycles. The molecule has 1 unspecified atom stereocenters. The lowest BCUT2D eigenvalue weighted by atomic mass is 9.86. The van der Waals surface area contributed by atoms with E-state index in [0.717, 1.165) is 29.0 Å². The molecule has 0 aromatic heterocycles. The van der Waals surface area contributed by atoms with Gasteiger partial charge in [-0.3, -0.25) is 4.79 Å². The molecule has 104 valence electrons. The van der Waals surface area contributed by atoms with Gasteiger partial charge in [0.25, 0.3) is 0 Å². The summed E-state index contributed by atoms with van der Waals surface area (Å²) in [6.07, 6.45) is 1.80. The summed E-state index contributed by atoms with van der Waals surface area (Å²) in [5.41, 5.74) is 8.03. The normalized spacial score (nSPS) is 19.9. The standard InChI is InChI=1S/C15H21ClN2O/c1-15(2,3)13(17)14(19)18-12-8-7-9-10(12)5-4-6-11(9)16/h4-6,12-13H,7-8,17H2,1-3H3,(H,18,19)/t12?,13-/m1/s1. The molecule has 0 bridgehead atoms. The van der Waals surface area contributed by atoms with Crippen LogP contribution in [-0.2, 0) is 11.2 Å². The summed E-state index contributed by atoms with van der Waals surface area (Å²) in [5, 5.41) is 3.83. The van der Waals surface area contributed by atoms with Crippen LogP contribution < -0.4 is 11.1 Å². The fourth-order valence-corrected chi connectivity index (χ4v) is 2.69. The third kappa shape index (κ3) is 2.93. The van der Waals surface area contributed by atoms with Crippen LogP contribution in [0.2, 0.25) is 5.02 Å². The predicted octanol–water partition coefficient (Wildman–Crippen LogP) is 2.82. The summed E-state index contributed by atoms with van der Waals surface area (Å²) in [6.45, 7) is 5.91. The maximum atomic E-state index is 12.2. The second kappa shape index (κ2) is 5.14. The van der Waals surface area contributed by atoms with Crippen LogP contribution in [0.3, 0.4) is 0 Å². The fourth-order valence-electron chi connectivity index (χ4n) is 2.41. The van der Waals surface area contributed by atoms with Gasteiger partial charge in [0, 0.05) is 5.02 Å². The van der Waals surface area contributed by atoms with Gasteiger partial charge in [-0.25, -0.2) is 0 Å². The molecule has 2 atom stereocenters. The van der Waals surface area contributed by atoms with Gasteiger partial charge in [-0.2, -0.15) is 0 Å². The number of benzene rings is 1.